The third-order valence-corrected chi connectivity index (χ3v) is 4.10. The lowest BCUT2D eigenvalue weighted by atomic mass is 10.3. The number of ether oxygens (including phenoxy) is 2. The highest BCUT2D eigenvalue weighted by Gasteiger charge is 2.16. The molecule has 0 aliphatic carbocycles. The van der Waals surface area contributed by atoms with Gasteiger partial charge in [-0.1, -0.05) is 24.3 Å². The van der Waals surface area contributed by atoms with E-state index < -0.39 is 12.5 Å². The van der Waals surface area contributed by atoms with Crippen LogP contribution in [0.15, 0.2) is 69.6 Å². The smallest absolute Gasteiger partial charge is 0.387 e. The molecule has 0 bridgehead atoms. The van der Waals surface area contributed by atoms with Crippen molar-refractivity contribution in [3.8, 4) is 11.5 Å². The second kappa shape index (κ2) is 8.68. The van der Waals surface area contributed by atoms with Crippen molar-refractivity contribution in [1.82, 2.24) is 0 Å². The van der Waals surface area contributed by atoms with E-state index in [1.807, 2.05) is 18.2 Å². The predicted molar refractivity (Wildman–Crippen MR) is 98.2 cm³/mol. The van der Waals surface area contributed by atoms with E-state index >= 15 is 0 Å². The highest BCUT2D eigenvalue weighted by atomic mass is 79.9. The number of furan rings is 1. The van der Waals surface area contributed by atoms with Gasteiger partial charge in [0.05, 0.1) is 10.2 Å². The Hall–Kier alpha value is -2.87. The summed E-state index contributed by atoms with van der Waals surface area (Å²) in [6, 6.07) is 16.3. The highest BCUT2D eigenvalue weighted by molar-refractivity contribution is 9.10. The van der Waals surface area contributed by atoms with Crippen molar-refractivity contribution in [2.45, 2.75) is 13.2 Å². The Kier molecular flexibility index (Phi) is 6.08. The first-order chi connectivity index (χ1) is 13.0. The summed E-state index contributed by atoms with van der Waals surface area (Å²) < 4.78 is 41.2. The van der Waals surface area contributed by atoms with Gasteiger partial charge in [-0.15, -0.1) is 0 Å². The fraction of sp³-hybridized carbons (Fsp3) is 0.105. The van der Waals surface area contributed by atoms with E-state index in [2.05, 4.69) is 26.0 Å². The van der Waals surface area contributed by atoms with Gasteiger partial charge in [0.2, 0.25) is 0 Å². The van der Waals surface area contributed by atoms with Gasteiger partial charge in [-0.3, -0.25) is 4.79 Å². The molecule has 0 radical (unpaired) electrons. The first kappa shape index (κ1) is 18.9. The molecule has 2 aromatic carbocycles. The maximum Gasteiger partial charge on any atom is 0.387 e. The first-order valence-corrected chi connectivity index (χ1v) is 8.63. The monoisotopic (exact) mass is 437 g/mol. The highest BCUT2D eigenvalue weighted by Crippen LogP contribution is 2.27. The van der Waals surface area contributed by atoms with Crippen LogP contribution in [0.1, 0.15) is 16.3 Å². The van der Waals surface area contributed by atoms with E-state index in [1.165, 1.54) is 24.3 Å². The minimum atomic E-state index is -2.99. The SMILES string of the molecule is O=C(Nc1ccccc1OC(F)F)c1ccc(COc2ccccc2Br)o1. The van der Waals surface area contributed by atoms with Crippen LogP contribution in [0.3, 0.4) is 0 Å². The van der Waals surface area contributed by atoms with Crippen molar-refractivity contribution in [3.63, 3.8) is 0 Å². The molecule has 0 unspecified atom stereocenters. The number of hydrogen-bond acceptors (Lipinski definition) is 4. The second-order valence-electron chi connectivity index (χ2n) is 5.31. The van der Waals surface area contributed by atoms with Crippen molar-refractivity contribution in [3.05, 3.63) is 76.7 Å². The number of para-hydroxylation sites is 3. The number of nitrogens with one attached hydrogen (secondary N) is 1. The number of rotatable bonds is 7. The number of amides is 1. The molecular formula is C19H14BrF2NO4. The summed E-state index contributed by atoms with van der Waals surface area (Å²) >= 11 is 3.37. The molecule has 0 atom stereocenters. The van der Waals surface area contributed by atoms with Crippen molar-refractivity contribution >= 4 is 27.5 Å². The second-order valence-corrected chi connectivity index (χ2v) is 6.17. The van der Waals surface area contributed by atoms with E-state index in [4.69, 9.17) is 9.15 Å². The first-order valence-electron chi connectivity index (χ1n) is 7.84. The van der Waals surface area contributed by atoms with Crippen LogP contribution in [0.4, 0.5) is 14.5 Å². The molecule has 3 aromatic rings. The Morgan fingerprint density at radius 3 is 2.48 bits per heavy atom. The minimum Gasteiger partial charge on any atom is -0.484 e. The Balaban J connectivity index is 1.64. The Morgan fingerprint density at radius 2 is 1.74 bits per heavy atom. The Labute approximate surface area is 162 Å². The van der Waals surface area contributed by atoms with Crippen LogP contribution in [0.2, 0.25) is 0 Å². The Bertz CT molecular complexity index is 929. The third-order valence-electron chi connectivity index (χ3n) is 3.44. The summed E-state index contributed by atoms with van der Waals surface area (Å²) in [6.45, 7) is -2.87. The molecular weight excluding hydrogens is 424 g/mol. The van der Waals surface area contributed by atoms with Crippen molar-refractivity contribution in [2.75, 3.05) is 5.32 Å². The molecule has 0 aliphatic rings. The number of halogens is 3. The standard InChI is InChI=1S/C19H14BrF2NO4/c20-13-5-1-3-7-15(13)25-11-12-9-10-17(26-12)18(24)23-14-6-2-4-8-16(14)27-19(21)22/h1-10,19H,11H2,(H,23,24). The van der Waals surface area contributed by atoms with Crippen LogP contribution < -0.4 is 14.8 Å². The van der Waals surface area contributed by atoms with Crippen LogP contribution in [0, 0.1) is 0 Å². The zero-order chi connectivity index (χ0) is 19.2. The molecule has 3 rings (SSSR count). The van der Waals surface area contributed by atoms with E-state index in [9.17, 15) is 13.6 Å². The fourth-order valence-electron chi connectivity index (χ4n) is 2.24. The summed E-state index contributed by atoms with van der Waals surface area (Å²) in [5, 5.41) is 2.49. The molecule has 0 fully saturated rings. The lowest BCUT2D eigenvalue weighted by Crippen LogP contribution is -2.13. The maximum absolute atomic E-state index is 12.4. The molecule has 140 valence electrons. The van der Waals surface area contributed by atoms with Crippen LogP contribution in [0.25, 0.3) is 0 Å². The van der Waals surface area contributed by atoms with Gasteiger partial charge in [0.1, 0.15) is 23.9 Å². The number of hydrogen-bond donors (Lipinski definition) is 1. The van der Waals surface area contributed by atoms with Gasteiger partial charge in [0, 0.05) is 0 Å². The van der Waals surface area contributed by atoms with E-state index in [1.54, 1.807) is 18.2 Å². The van der Waals surface area contributed by atoms with Crippen molar-refractivity contribution in [2.24, 2.45) is 0 Å². The van der Waals surface area contributed by atoms with Gasteiger partial charge < -0.3 is 19.2 Å². The van der Waals surface area contributed by atoms with Gasteiger partial charge in [0.25, 0.3) is 5.91 Å². The minimum absolute atomic E-state index is 0.0209. The molecule has 1 amide bonds. The number of carbonyl (C=O) groups excluding carboxylic acids is 1. The summed E-state index contributed by atoms with van der Waals surface area (Å²) in [4.78, 5) is 12.3. The lowest BCUT2D eigenvalue weighted by Gasteiger charge is -2.10. The average Bonchev–Trinajstić information content (AvgIpc) is 3.11. The third kappa shape index (κ3) is 5.07. The molecule has 1 N–H and O–H groups in total. The zero-order valence-corrected chi connectivity index (χ0v) is 15.4. The number of anilines is 1. The van der Waals surface area contributed by atoms with Gasteiger partial charge in [-0.05, 0) is 52.3 Å². The molecule has 0 spiro atoms. The van der Waals surface area contributed by atoms with Gasteiger partial charge in [-0.25, -0.2) is 0 Å². The summed E-state index contributed by atoms with van der Waals surface area (Å²) in [5.74, 6) is 0.371. The van der Waals surface area contributed by atoms with E-state index in [0.29, 0.717) is 11.5 Å². The molecule has 0 saturated carbocycles. The van der Waals surface area contributed by atoms with Crippen LogP contribution >= 0.6 is 15.9 Å². The summed E-state index contributed by atoms with van der Waals surface area (Å²) in [7, 11) is 0. The molecule has 8 heteroatoms. The van der Waals surface area contributed by atoms with E-state index in [-0.39, 0.29) is 23.8 Å². The topological polar surface area (TPSA) is 60.7 Å². The van der Waals surface area contributed by atoms with Gasteiger partial charge >= 0.3 is 6.61 Å². The number of carbonyl (C=O) groups is 1. The van der Waals surface area contributed by atoms with Crippen molar-refractivity contribution < 1.29 is 27.5 Å². The molecule has 0 aliphatic heterocycles. The normalized spacial score (nSPS) is 10.7. The molecule has 5 nitrogen and oxygen atoms in total. The largest absolute Gasteiger partial charge is 0.484 e. The summed E-state index contributed by atoms with van der Waals surface area (Å²) in [5.41, 5.74) is 0.116. The van der Waals surface area contributed by atoms with Crippen LogP contribution in [-0.2, 0) is 6.61 Å². The average molecular weight is 438 g/mol. The van der Waals surface area contributed by atoms with E-state index in [0.717, 1.165) is 4.47 Å². The van der Waals surface area contributed by atoms with Gasteiger partial charge in [-0.2, -0.15) is 8.78 Å². The molecule has 1 heterocycles. The Morgan fingerprint density at radius 1 is 1.04 bits per heavy atom. The number of alkyl halides is 2. The lowest BCUT2D eigenvalue weighted by molar-refractivity contribution is -0.0493. The van der Waals surface area contributed by atoms with Crippen molar-refractivity contribution in [1.29, 1.82) is 0 Å². The maximum atomic E-state index is 12.4. The zero-order valence-electron chi connectivity index (χ0n) is 13.8. The molecule has 27 heavy (non-hydrogen) atoms. The molecule has 1 aromatic heterocycles. The van der Waals surface area contributed by atoms with Crippen LogP contribution in [-0.4, -0.2) is 12.5 Å². The molecule has 0 saturated heterocycles. The van der Waals surface area contributed by atoms with Gasteiger partial charge in [0.15, 0.2) is 5.76 Å². The predicted octanol–water partition coefficient (Wildman–Crippen LogP) is 5.47. The number of benzene rings is 2. The quantitative estimate of drug-likeness (QED) is 0.531. The fourth-order valence-corrected chi connectivity index (χ4v) is 2.64. The van der Waals surface area contributed by atoms with Crippen LogP contribution in [0.5, 0.6) is 11.5 Å². The summed E-state index contributed by atoms with van der Waals surface area (Å²) in [6.07, 6.45) is 0.